The molecule has 1 heterocycles. The number of likely N-dealkylation sites (tertiary alicyclic amines) is 1. The molecule has 2 N–H and O–H groups in total. The largest absolute Gasteiger partial charge is 0.364 e. The summed E-state index contributed by atoms with van der Waals surface area (Å²) in [6.07, 6.45) is 6.38. The second-order valence-electron chi connectivity index (χ2n) is 5.30. The second-order valence-corrected chi connectivity index (χ2v) is 5.30. The summed E-state index contributed by atoms with van der Waals surface area (Å²) in [4.78, 5) is 14.0. The molecule has 1 aliphatic heterocycles. The van der Waals surface area contributed by atoms with Gasteiger partial charge in [-0.2, -0.15) is 0 Å². The monoisotopic (exact) mass is 240 g/mol. The fraction of sp³-hybridized carbons (Fsp3) is 0.923. The predicted molar refractivity (Wildman–Crippen MR) is 66.6 cm³/mol. The fourth-order valence-corrected chi connectivity index (χ4v) is 2.81. The van der Waals surface area contributed by atoms with Crippen LogP contribution in [0.1, 0.15) is 45.4 Å². The number of rotatable bonds is 3. The van der Waals surface area contributed by atoms with E-state index >= 15 is 0 Å². The Labute approximate surface area is 103 Å². The molecule has 17 heavy (non-hydrogen) atoms. The van der Waals surface area contributed by atoms with Crippen LogP contribution in [-0.2, 0) is 9.53 Å². The van der Waals surface area contributed by atoms with Crippen LogP contribution in [0.15, 0.2) is 0 Å². The summed E-state index contributed by atoms with van der Waals surface area (Å²) in [6, 6.07) is 0.109. The topological polar surface area (TPSA) is 55.6 Å². The number of amides is 1. The van der Waals surface area contributed by atoms with Gasteiger partial charge in [0, 0.05) is 19.1 Å². The Bertz CT molecular complexity index is 264. The molecule has 2 fully saturated rings. The van der Waals surface area contributed by atoms with Crippen LogP contribution in [0.25, 0.3) is 0 Å². The molecule has 1 amide bonds. The van der Waals surface area contributed by atoms with E-state index in [4.69, 9.17) is 10.5 Å². The zero-order chi connectivity index (χ0) is 12.3. The third-order valence-corrected chi connectivity index (χ3v) is 3.90. The Kier molecular flexibility index (Phi) is 4.40. The number of ether oxygens (including phenoxy) is 1. The Hall–Kier alpha value is -0.610. The molecule has 0 aromatic carbocycles. The molecule has 4 heteroatoms. The van der Waals surface area contributed by atoms with Gasteiger partial charge >= 0.3 is 0 Å². The highest BCUT2D eigenvalue weighted by Crippen LogP contribution is 2.21. The van der Waals surface area contributed by atoms with Crippen LogP contribution in [0.5, 0.6) is 0 Å². The van der Waals surface area contributed by atoms with E-state index in [2.05, 4.69) is 0 Å². The zero-order valence-electron chi connectivity index (χ0n) is 10.7. The SMILES string of the molecule is CC(OC1CCCCC1N)C(=O)N1CCCC1. The molecule has 0 aromatic rings. The van der Waals surface area contributed by atoms with Crippen LogP contribution in [0.4, 0.5) is 0 Å². The Balaban J connectivity index is 1.82. The molecule has 98 valence electrons. The molecule has 4 nitrogen and oxygen atoms in total. The van der Waals surface area contributed by atoms with Crippen molar-refractivity contribution >= 4 is 5.91 Å². The van der Waals surface area contributed by atoms with Crippen molar-refractivity contribution in [1.29, 1.82) is 0 Å². The third-order valence-electron chi connectivity index (χ3n) is 3.90. The number of nitrogens with two attached hydrogens (primary N) is 1. The lowest BCUT2D eigenvalue weighted by atomic mass is 9.93. The van der Waals surface area contributed by atoms with Crippen molar-refractivity contribution < 1.29 is 9.53 Å². The average Bonchev–Trinajstić information content (AvgIpc) is 2.84. The minimum absolute atomic E-state index is 0.0744. The quantitative estimate of drug-likeness (QED) is 0.808. The van der Waals surface area contributed by atoms with E-state index in [1.165, 1.54) is 12.8 Å². The maximum atomic E-state index is 12.1. The summed E-state index contributed by atoms with van der Waals surface area (Å²) in [7, 11) is 0. The lowest BCUT2D eigenvalue weighted by molar-refractivity contribution is -0.146. The predicted octanol–water partition coefficient (Wildman–Crippen LogP) is 1.28. The lowest BCUT2D eigenvalue weighted by Gasteiger charge is -2.31. The van der Waals surface area contributed by atoms with Gasteiger partial charge in [0.1, 0.15) is 6.10 Å². The lowest BCUT2D eigenvalue weighted by Crippen LogP contribution is -2.45. The zero-order valence-corrected chi connectivity index (χ0v) is 10.7. The molecular weight excluding hydrogens is 216 g/mol. The summed E-state index contributed by atoms with van der Waals surface area (Å²) in [6.45, 7) is 3.65. The van der Waals surface area contributed by atoms with E-state index in [0.29, 0.717) is 0 Å². The number of hydrogen-bond acceptors (Lipinski definition) is 3. The highest BCUT2D eigenvalue weighted by Gasteiger charge is 2.29. The molecule has 2 rings (SSSR count). The number of nitrogens with zero attached hydrogens (tertiary/aromatic N) is 1. The highest BCUT2D eigenvalue weighted by molar-refractivity contribution is 5.80. The molecule has 1 saturated carbocycles. The molecule has 3 atom stereocenters. The maximum Gasteiger partial charge on any atom is 0.251 e. The summed E-state index contributed by atoms with van der Waals surface area (Å²) < 4.78 is 5.86. The summed E-state index contributed by atoms with van der Waals surface area (Å²) in [5, 5.41) is 0. The van der Waals surface area contributed by atoms with E-state index in [9.17, 15) is 4.79 Å². The Morgan fingerprint density at radius 1 is 1.24 bits per heavy atom. The van der Waals surface area contributed by atoms with Gasteiger partial charge in [-0.25, -0.2) is 0 Å². The second kappa shape index (κ2) is 5.83. The highest BCUT2D eigenvalue weighted by atomic mass is 16.5. The van der Waals surface area contributed by atoms with Crippen molar-refractivity contribution in [3.8, 4) is 0 Å². The molecule has 1 saturated heterocycles. The van der Waals surface area contributed by atoms with E-state index in [-0.39, 0.29) is 24.2 Å². The van der Waals surface area contributed by atoms with Crippen molar-refractivity contribution in [3.63, 3.8) is 0 Å². The van der Waals surface area contributed by atoms with Crippen molar-refractivity contribution in [2.75, 3.05) is 13.1 Å². The van der Waals surface area contributed by atoms with E-state index in [0.717, 1.165) is 38.8 Å². The summed E-state index contributed by atoms with van der Waals surface area (Å²) in [5.41, 5.74) is 6.03. The maximum absolute atomic E-state index is 12.1. The molecular formula is C13H24N2O2. The van der Waals surface area contributed by atoms with E-state index < -0.39 is 0 Å². The molecule has 0 radical (unpaired) electrons. The Morgan fingerprint density at radius 2 is 1.88 bits per heavy atom. The first-order valence-electron chi connectivity index (χ1n) is 6.88. The molecule has 2 aliphatic rings. The molecule has 0 aromatic heterocycles. The molecule has 0 spiro atoms. The van der Waals surface area contributed by atoms with Crippen LogP contribution in [-0.4, -0.2) is 42.1 Å². The van der Waals surface area contributed by atoms with Crippen LogP contribution in [0.3, 0.4) is 0 Å². The normalized spacial score (nSPS) is 31.5. The van der Waals surface area contributed by atoms with Gasteiger partial charge < -0.3 is 15.4 Å². The van der Waals surface area contributed by atoms with Gasteiger partial charge in [-0.15, -0.1) is 0 Å². The van der Waals surface area contributed by atoms with Crippen LogP contribution in [0.2, 0.25) is 0 Å². The van der Waals surface area contributed by atoms with Crippen molar-refractivity contribution in [3.05, 3.63) is 0 Å². The van der Waals surface area contributed by atoms with Crippen LogP contribution < -0.4 is 5.73 Å². The van der Waals surface area contributed by atoms with Gasteiger partial charge in [-0.1, -0.05) is 12.8 Å². The number of hydrogen-bond donors (Lipinski definition) is 1. The van der Waals surface area contributed by atoms with Crippen LogP contribution in [0, 0.1) is 0 Å². The summed E-state index contributed by atoms with van der Waals surface area (Å²) in [5.74, 6) is 0.139. The number of carbonyl (C=O) groups is 1. The van der Waals surface area contributed by atoms with Gasteiger partial charge in [-0.3, -0.25) is 4.79 Å². The first-order valence-corrected chi connectivity index (χ1v) is 6.88. The molecule has 3 unspecified atom stereocenters. The van der Waals surface area contributed by atoms with Crippen LogP contribution >= 0.6 is 0 Å². The van der Waals surface area contributed by atoms with Crippen molar-refractivity contribution in [2.24, 2.45) is 5.73 Å². The van der Waals surface area contributed by atoms with Gasteiger partial charge in [-0.05, 0) is 32.6 Å². The fourth-order valence-electron chi connectivity index (χ4n) is 2.81. The smallest absolute Gasteiger partial charge is 0.251 e. The number of carbonyl (C=O) groups excluding carboxylic acids is 1. The summed E-state index contributed by atoms with van der Waals surface area (Å²) >= 11 is 0. The Morgan fingerprint density at radius 3 is 2.53 bits per heavy atom. The first-order chi connectivity index (χ1) is 8.18. The minimum atomic E-state index is -0.331. The van der Waals surface area contributed by atoms with Crippen molar-refractivity contribution in [1.82, 2.24) is 4.90 Å². The van der Waals surface area contributed by atoms with Crippen molar-refractivity contribution in [2.45, 2.75) is 63.7 Å². The van der Waals surface area contributed by atoms with Gasteiger partial charge in [0.25, 0.3) is 5.91 Å². The van der Waals surface area contributed by atoms with E-state index in [1.807, 2.05) is 11.8 Å². The first kappa shape index (κ1) is 12.8. The average molecular weight is 240 g/mol. The minimum Gasteiger partial charge on any atom is -0.364 e. The molecule has 1 aliphatic carbocycles. The van der Waals surface area contributed by atoms with E-state index in [1.54, 1.807) is 0 Å². The standard InChI is InChI=1S/C13H24N2O2/c1-10(13(16)15-8-4-5-9-15)17-12-7-3-2-6-11(12)14/h10-12H,2-9,14H2,1H3. The van der Waals surface area contributed by atoms with Gasteiger partial charge in [0.05, 0.1) is 6.10 Å². The third kappa shape index (κ3) is 3.19. The van der Waals surface area contributed by atoms with Gasteiger partial charge in [0.2, 0.25) is 0 Å². The van der Waals surface area contributed by atoms with Gasteiger partial charge in [0.15, 0.2) is 0 Å². The molecule has 0 bridgehead atoms.